The molecule has 10 heteroatoms. The molecule has 6 unspecified atom stereocenters. The highest BCUT2D eigenvalue weighted by Gasteiger charge is 2.61. The Morgan fingerprint density at radius 1 is 1.10 bits per heavy atom. The Morgan fingerprint density at radius 3 is 2.67 bits per heavy atom. The van der Waals surface area contributed by atoms with Gasteiger partial charge in [0.1, 0.15) is 11.4 Å². The van der Waals surface area contributed by atoms with Crippen LogP contribution in [0.3, 0.4) is 0 Å². The minimum atomic E-state index is -0.302. The molecule has 5 fully saturated rings. The van der Waals surface area contributed by atoms with Gasteiger partial charge >= 0.3 is 0 Å². The lowest BCUT2D eigenvalue weighted by Crippen LogP contribution is -2.80. The number of nitriles is 1. The lowest BCUT2D eigenvalue weighted by molar-refractivity contribution is -0.175. The van der Waals surface area contributed by atoms with Crippen LogP contribution in [0.25, 0.3) is 0 Å². The van der Waals surface area contributed by atoms with Crippen LogP contribution in [-0.4, -0.2) is 96.2 Å². The minimum Gasteiger partial charge on any atom is -0.487 e. The number of nitrogens with zero attached hydrogens (tertiary/aromatic N) is 4. The van der Waals surface area contributed by atoms with Gasteiger partial charge in [-0.1, -0.05) is 56.4 Å². The van der Waals surface area contributed by atoms with E-state index in [0.29, 0.717) is 44.0 Å². The van der Waals surface area contributed by atoms with Gasteiger partial charge in [0.05, 0.1) is 31.3 Å². The quantitative estimate of drug-likeness (QED) is 0.345. The van der Waals surface area contributed by atoms with Crippen LogP contribution in [0.5, 0.6) is 5.75 Å². The molecule has 2 saturated carbocycles. The number of hydrogen-bond acceptors (Lipinski definition) is 8. The second-order valence-corrected chi connectivity index (χ2v) is 16.3. The molecule has 2 N–H and O–H groups in total. The molecule has 1 aromatic carbocycles. The third-order valence-corrected chi connectivity index (χ3v) is 13.5. The number of fused-ring (bicyclic) bond motifs is 2. The molecule has 268 valence electrons. The van der Waals surface area contributed by atoms with Crippen LogP contribution in [0.4, 0.5) is 0 Å². The van der Waals surface area contributed by atoms with E-state index in [-0.39, 0.29) is 35.6 Å². The summed E-state index contributed by atoms with van der Waals surface area (Å²) < 4.78 is 14.0. The van der Waals surface area contributed by atoms with E-state index >= 15 is 0 Å². The van der Waals surface area contributed by atoms with Crippen LogP contribution in [0.15, 0.2) is 30.9 Å². The number of halogens is 1. The van der Waals surface area contributed by atoms with Gasteiger partial charge in [-0.25, -0.2) is 0 Å². The summed E-state index contributed by atoms with van der Waals surface area (Å²) in [4.78, 5) is 19.7. The third kappa shape index (κ3) is 7.16. The Hall–Kier alpha value is -2.19. The molecule has 1 amide bonds. The van der Waals surface area contributed by atoms with Gasteiger partial charge in [-0.3, -0.25) is 20.3 Å². The number of likely N-dealkylation sites (N-methyl/N-ethyl adjacent to an activating group) is 1. The predicted molar refractivity (Wildman–Crippen MR) is 192 cm³/mol. The molecule has 4 aliphatic heterocycles. The molecule has 7 rings (SSSR count). The molecule has 3 saturated heterocycles. The van der Waals surface area contributed by atoms with Crippen LogP contribution in [0.1, 0.15) is 95.5 Å². The maximum Gasteiger partial charge on any atom is 0.246 e. The monoisotopic (exact) mass is 692 g/mol. The van der Waals surface area contributed by atoms with Crippen molar-refractivity contribution in [2.24, 2.45) is 11.8 Å². The van der Waals surface area contributed by atoms with E-state index in [1.54, 1.807) is 0 Å². The molecule has 0 radical (unpaired) electrons. The van der Waals surface area contributed by atoms with Gasteiger partial charge in [0, 0.05) is 54.1 Å². The number of ether oxygens (including phenoxy) is 2. The van der Waals surface area contributed by atoms with Crippen LogP contribution in [0.2, 0.25) is 5.02 Å². The fourth-order valence-electron chi connectivity index (χ4n) is 10.6. The Kier molecular flexibility index (Phi) is 10.9. The van der Waals surface area contributed by atoms with Crippen LogP contribution < -0.4 is 15.4 Å². The van der Waals surface area contributed by atoms with E-state index in [9.17, 15) is 10.1 Å². The molecule has 6 aliphatic rings. The van der Waals surface area contributed by atoms with Crippen molar-refractivity contribution in [3.63, 3.8) is 0 Å². The predicted octanol–water partition coefficient (Wildman–Crippen LogP) is 5.83. The first-order chi connectivity index (χ1) is 23.8. The number of carbonyl (C=O) groups is 1. The smallest absolute Gasteiger partial charge is 0.246 e. The van der Waals surface area contributed by atoms with E-state index in [1.807, 2.05) is 17.0 Å². The van der Waals surface area contributed by atoms with Gasteiger partial charge in [0.25, 0.3) is 0 Å². The largest absolute Gasteiger partial charge is 0.487 e. The van der Waals surface area contributed by atoms with E-state index in [2.05, 4.69) is 46.2 Å². The van der Waals surface area contributed by atoms with Crippen molar-refractivity contribution < 1.29 is 14.3 Å². The zero-order valence-electron chi connectivity index (χ0n) is 29.5. The molecule has 49 heavy (non-hydrogen) atoms. The fourth-order valence-corrected chi connectivity index (χ4v) is 10.9. The summed E-state index contributed by atoms with van der Waals surface area (Å²) in [6.45, 7) is 7.56. The molecular formula is C39H57ClN6O3. The average molecular weight is 693 g/mol. The summed E-state index contributed by atoms with van der Waals surface area (Å²) in [5.41, 5.74) is 0.692. The topological polar surface area (TPSA) is 93.1 Å². The van der Waals surface area contributed by atoms with Crippen LogP contribution in [0, 0.1) is 23.2 Å². The van der Waals surface area contributed by atoms with Crippen molar-refractivity contribution in [3.05, 3.63) is 41.4 Å². The number of carbonyl (C=O) groups excluding carboxylic acids is 1. The summed E-state index contributed by atoms with van der Waals surface area (Å²) in [5.74, 6) is 1.70. The molecule has 2 aliphatic carbocycles. The second-order valence-electron chi connectivity index (χ2n) is 15.9. The third-order valence-electron chi connectivity index (χ3n) is 13.2. The lowest BCUT2D eigenvalue weighted by Gasteiger charge is -2.63. The van der Waals surface area contributed by atoms with Gasteiger partial charge in [-0.05, 0) is 89.1 Å². The molecule has 4 heterocycles. The fraction of sp³-hybridized carbons (Fsp3) is 0.744. The number of rotatable bonds is 7. The van der Waals surface area contributed by atoms with Crippen molar-refractivity contribution >= 4 is 17.5 Å². The average Bonchev–Trinajstić information content (AvgIpc) is 3.50. The maximum atomic E-state index is 12.9. The summed E-state index contributed by atoms with van der Waals surface area (Å²) >= 11 is 6.68. The van der Waals surface area contributed by atoms with Gasteiger partial charge in [-0.15, -0.1) is 0 Å². The first kappa shape index (κ1) is 35.2. The number of piperazine rings is 1. The molecule has 1 aromatic rings. The maximum absolute atomic E-state index is 12.9. The first-order valence-corrected chi connectivity index (χ1v) is 19.6. The van der Waals surface area contributed by atoms with Crippen molar-refractivity contribution in [1.82, 2.24) is 25.3 Å². The van der Waals surface area contributed by atoms with Gasteiger partial charge in [0.15, 0.2) is 6.35 Å². The highest BCUT2D eigenvalue weighted by molar-refractivity contribution is 6.31. The highest BCUT2D eigenvalue weighted by Crippen LogP contribution is 2.54. The summed E-state index contributed by atoms with van der Waals surface area (Å²) in [7, 11) is 2.21. The summed E-state index contributed by atoms with van der Waals surface area (Å²) in [5, 5.41) is 18.9. The van der Waals surface area contributed by atoms with Crippen molar-refractivity contribution in [2.45, 2.75) is 132 Å². The Labute approximate surface area is 298 Å². The summed E-state index contributed by atoms with van der Waals surface area (Å²) in [6, 6.07) is 8.74. The lowest BCUT2D eigenvalue weighted by atomic mass is 9.56. The zero-order valence-corrected chi connectivity index (χ0v) is 30.3. The van der Waals surface area contributed by atoms with Gasteiger partial charge in [-0.2, -0.15) is 5.26 Å². The molecule has 7 atom stereocenters. The Balaban J connectivity index is 1.24. The number of hydrogen-bond donors (Lipinski definition) is 2. The van der Waals surface area contributed by atoms with Crippen molar-refractivity contribution in [2.75, 3.05) is 39.8 Å². The van der Waals surface area contributed by atoms with Gasteiger partial charge in [0.2, 0.25) is 5.91 Å². The normalized spacial score (nSPS) is 36.2. The first-order valence-electron chi connectivity index (χ1n) is 19.2. The van der Waals surface area contributed by atoms with Crippen LogP contribution in [-0.2, 0) is 16.0 Å². The number of benzene rings is 1. The Bertz CT molecular complexity index is 1380. The molecule has 1 spiro atoms. The molecule has 9 nitrogen and oxygen atoms in total. The van der Waals surface area contributed by atoms with Crippen LogP contribution >= 0.6 is 11.6 Å². The SMILES string of the molecule is C=CC(=O)N1CCN(C2NC(OCC3CCCN3C)NC3(C4CCCCCCC4)C[C@@]4(CCc5c(Cl)cccc5O4)CCC23)CC1CC#N. The highest BCUT2D eigenvalue weighted by atomic mass is 35.5. The van der Waals surface area contributed by atoms with E-state index < -0.39 is 0 Å². The van der Waals surface area contributed by atoms with E-state index in [1.165, 1.54) is 57.4 Å². The van der Waals surface area contributed by atoms with Crippen molar-refractivity contribution in [1.29, 1.82) is 5.26 Å². The molecule has 0 bridgehead atoms. The standard InChI is InChI=1S/C39H57ClN6O3/c1-3-35(47)46-24-23-45(25-29(46)18-21-41)36-32-17-20-38(19-16-31-33(40)14-9-15-34(31)49-38)27-39(32,28-11-7-5-4-6-8-12-28)43-37(42-36)48-26-30-13-10-22-44(30)2/h3,9,14-15,28-30,32,36-37,42-43H,1,4-8,10-13,16-20,22-27H2,2H3/t29?,30?,32?,36?,37?,38-,39?/m1/s1. The Morgan fingerprint density at radius 2 is 1.92 bits per heavy atom. The van der Waals surface area contributed by atoms with E-state index in [0.717, 1.165) is 68.0 Å². The number of likely N-dealkylation sites (tertiary alicyclic amines) is 1. The number of amides is 1. The minimum absolute atomic E-state index is 0.0582. The zero-order chi connectivity index (χ0) is 34.0. The van der Waals surface area contributed by atoms with Crippen molar-refractivity contribution in [3.8, 4) is 11.8 Å². The molecular weight excluding hydrogens is 636 g/mol. The molecule has 0 aromatic heterocycles. The second kappa shape index (κ2) is 15.2. The van der Waals surface area contributed by atoms with Gasteiger partial charge < -0.3 is 19.3 Å². The van der Waals surface area contributed by atoms with E-state index in [4.69, 9.17) is 21.1 Å². The summed E-state index contributed by atoms with van der Waals surface area (Å²) in [6.07, 6.45) is 17.6. The number of nitrogens with one attached hydrogen (secondary N) is 2.